The van der Waals surface area contributed by atoms with Crippen LogP contribution in [-0.2, 0) is 11.2 Å². The lowest BCUT2D eigenvalue weighted by atomic mass is 9.72. The first-order chi connectivity index (χ1) is 12.5. The lowest BCUT2D eigenvalue weighted by Gasteiger charge is -2.36. The summed E-state index contributed by atoms with van der Waals surface area (Å²) in [7, 11) is 0. The molecule has 0 aliphatic carbocycles. The summed E-state index contributed by atoms with van der Waals surface area (Å²) in [4.78, 5) is 0. The van der Waals surface area contributed by atoms with Crippen LogP contribution in [0.2, 0.25) is 0 Å². The number of hydrogen-bond acceptors (Lipinski definition) is 5. The Morgan fingerprint density at radius 2 is 1.81 bits per heavy atom. The number of rotatable bonds is 4. The summed E-state index contributed by atoms with van der Waals surface area (Å²) in [5.74, 6) is -3.56. The molecule has 0 amide bonds. The molecule has 0 radical (unpaired) electrons. The molecule has 0 saturated carbocycles. The number of hydrogen-bond donors (Lipinski definition) is 3. The highest BCUT2D eigenvalue weighted by Gasteiger charge is 2.45. The van der Waals surface area contributed by atoms with E-state index < -0.39 is 23.6 Å². The minimum absolute atomic E-state index is 0.197. The predicted octanol–water partition coefficient (Wildman–Crippen LogP) is 3.91. The van der Waals surface area contributed by atoms with Crippen LogP contribution in [-0.4, -0.2) is 17.5 Å². The van der Waals surface area contributed by atoms with E-state index in [4.69, 9.17) is 21.0 Å². The van der Waals surface area contributed by atoms with E-state index in [1.807, 2.05) is 36.4 Å². The minimum Gasteiger partial charge on any atom is -0.428 e. The van der Waals surface area contributed by atoms with Crippen molar-refractivity contribution in [3.63, 3.8) is 0 Å². The normalized spacial score (nSPS) is 22.4. The summed E-state index contributed by atoms with van der Waals surface area (Å²) in [6, 6.07) is 17.2. The van der Waals surface area contributed by atoms with Crippen molar-refractivity contribution < 1.29 is 9.13 Å². The molecule has 1 aliphatic heterocycles. The first-order valence-electron chi connectivity index (χ1n) is 8.12. The molecule has 0 aromatic heterocycles. The maximum atomic E-state index is 13.7. The Balaban J connectivity index is 2.01. The molecule has 3 unspecified atom stereocenters. The van der Waals surface area contributed by atoms with E-state index in [-0.39, 0.29) is 23.9 Å². The van der Waals surface area contributed by atoms with Gasteiger partial charge in [-0.2, -0.15) is 5.26 Å². The van der Waals surface area contributed by atoms with Crippen molar-refractivity contribution in [2.75, 3.05) is 0 Å². The first kappa shape index (κ1) is 17.5. The highest BCUT2D eigenvalue weighted by molar-refractivity contribution is 6.09. The fourth-order valence-corrected chi connectivity index (χ4v) is 3.30. The van der Waals surface area contributed by atoms with Crippen LogP contribution in [0.3, 0.4) is 0 Å². The molecule has 1 fully saturated rings. The third-order valence-corrected chi connectivity index (χ3v) is 4.49. The fraction of sp³-hybridized carbons (Fsp3) is 0.200. The number of halogens is 1. The first-order valence-corrected chi connectivity index (χ1v) is 8.12. The number of nitrogens with one attached hydrogen (secondary N) is 3. The average Bonchev–Trinajstić information content (AvgIpc) is 2.61. The van der Waals surface area contributed by atoms with Gasteiger partial charge in [0.25, 0.3) is 0 Å². The Hall–Kier alpha value is -3.33. The second kappa shape index (κ2) is 7.28. The van der Waals surface area contributed by atoms with Gasteiger partial charge in [-0.3, -0.25) is 10.8 Å². The van der Waals surface area contributed by atoms with Crippen LogP contribution in [0.5, 0.6) is 0 Å². The van der Waals surface area contributed by atoms with Gasteiger partial charge in [0.15, 0.2) is 5.90 Å². The van der Waals surface area contributed by atoms with Gasteiger partial charge in [-0.05, 0) is 23.3 Å². The SMILES string of the molecule is N#CC1C(=N)OC(=N)C(C(=N)Cc2ccccc2)C1c1cccc(F)c1. The molecule has 3 rings (SSSR count). The van der Waals surface area contributed by atoms with E-state index in [0.29, 0.717) is 5.56 Å². The van der Waals surface area contributed by atoms with Gasteiger partial charge in [-0.25, -0.2) is 4.39 Å². The van der Waals surface area contributed by atoms with Crippen LogP contribution in [0.15, 0.2) is 54.6 Å². The highest BCUT2D eigenvalue weighted by atomic mass is 19.1. The van der Waals surface area contributed by atoms with Crippen molar-refractivity contribution in [1.29, 1.82) is 21.5 Å². The Kier molecular flexibility index (Phi) is 4.90. The number of benzene rings is 2. The van der Waals surface area contributed by atoms with Crippen LogP contribution < -0.4 is 0 Å². The third kappa shape index (κ3) is 3.38. The average molecular weight is 348 g/mol. The van der Waals surface area contributed by atoms with Crippen LogP contribution in [0.25, 0.3) is 0 Å². The molecule has 130 valence electrons. The molecule has 6 heteroatoms. The molecule has 3 atom stereocenters. The zero-order valence-electron chi connectivity index (χ0n) is 13.9. The molecule has 3 N–H and O–H groups in total. The van der Waals surface area contributed by atoms with Gasteiger partial charge in [0, 0.05) is 18.1 Å². The van der Waals surface area contributed by atoms with Gasteiger partial charge in [0.1, 0.15) is 11.7 Å². The largest absolute Gasteiger partial charge is 0.428 e. The zero-order valence-corrected chi connectivity index (χ0v) is 13.9. The van der Waals surface area contributed by atoms with E-state index in [1.54, 1.807) is 6.07 Å². The van der Waals surface area contributed by atoms with Crippen LogP contribution in [0.1, 0.15) is 17.0 Å². The van der Waals surface area contributed by atoms with Crippen LogP contribution >= 0.6 is 0 Å². The van der Waals surface area contributed by atoms with Gasteiger partial charge < -0.3 is 10.1 Å². The zero-order chi connectivity index (χ0) is 18.7. The van der Waals surface area contributed by atoms with Crippen molar-refractivity contribution in [1.82, 2.24) is 0 Å². The molecular weight excluding hydrogens is 331 g/mol. The standard InChI is InChI=1S/C20H17FN4O/c21-14-8-4-7-13(10-14)17-15(11-22)19(24)26-20(25)18(17)16(23)9-12-5-2-1-3-6-12/h1-8,10,15,17-18,23-25H,9H2. The summed E-state index contributed by atoms with van der Waals surface area (Å²) in [5, 5.41) is 34.1. The minimum atomic E-state index is -0.980. The molecule has 0 spiro atoms. The van der Waals surface area contributed by atoms with Crippen molar-refractivity contribution >= 4 is 17.5 Å². The molecule has 1 saturated heterocycles. The molecule has 0 bridgehead atoms. The van der Waals surface area contributed by atoms with E-state index >= 15 is 0 Å². The maximum absolute atomic E-state index is 13.7. The van der Waals surface area contributed by atoms with E-state index in [9.17, 15) is 9.65 Å². The van der Waals surface area contributed by atoms with Crippen molar-refractivity contribution in [2.24, 2.45) is 11.8 Å². The van der Waals surface area contributed by atoms with Crippen molar-refractivity contribution in [3.8, 4) is 6.07 Å². The van der Waals surface area contributed by atoms with E-state index in [1.165, 1.54) is 18.2 Å². The molecule has 2 aromatic carbocycles. The second-order valence-electron chi connectivity index (χ2n) is 6.18. The summed E-state index contributed by atoms with van der Waals surface area (Å²) in [5.41, 5.74) is 1.58. The Bertz CT molecular complexity index is 904. The Labute approximate surface area is 150 Å². The smallest absolute Gasteiger partial charge is 0.207 e. The third-order valence-electron chi connectivity index (χ3n) is 4.49. The molecular formula is C20H17FN4O. The van der Waals surface area contributed by atoms with Gasteiger partial charge in [0.2, 0.25) is 5.90 Å². The summed E-state index contributed by atoms with van der Waals surface area (Å²) in [6.07, 6.45) is 0.286. The lowest BCUT2D eigenvalue weighted by molar-refractivity contribution is 0.373. The molecule has 5 nitrogen and oxygen atoms in total. The highest BCUT2D eigenvalue weighted by Crippen LogP contribution is 2.39. The van der Waals surface area contributed by atoms with Gasteiger partial charge in [-0.15, -0.1) is 0 Å². The number of ether oxygens (including phenoxy) is 1. The molecule has 1 aliphatic rings. The number of nitrogens with zero attached hydrogens (tertiary/aromatic N) is 1. The van der Waals surface area contributed by atoms with Crippen LogP contribution in [0.4, 0.5) is 4.39 Å². The number of nitriles is 1. The van der Waals surface area contributed by atoms with E-state index in [2.05, 4.69) is 0 Å². The van der Waals surface area contributed by atoms with Gasteiger partial charge >= 0.3 is 0 Å². The van der Waals surface area contributed by atoms with Crippen molar-refractivity contribution in [2.45, 2.75) is 12.3 Å². The Morgan fingerprint density at radius 3 is 2.46 bits per heavy atom. The summed E-state index contributed by atoms with van der Waals surface area (Å²) in [6.45, 7) is 0. The summed E-state index contributed by atoms with van der Waals surface area (Å²) >= 11 is 0. The quantitative estimate of drug-likeness (QED) is 0.729. The lowest BCUT2D eigenvalue weighted by Crippen LogP contribution is -2.44. The second-order valence-corrected chi connectivity index (χ2v) is 6.18. The predicted molar refractivity (Wildman–Crippen MR) is 96.1 cm³/mol. The fourth-order valence-electron chi connectivity index (χ4n) is 3.30. The maximum Gasteiger partial charge on any atom is 0.207 e. The molecule has 26 heavy (non-hydrogen) atoms. The molecule has 2 aromatic rings. The van der Waals surface area contributed by atoms with Gasteiger partial charge in [0.05, 0.1) is 12.0 Å². The Morgan fingerprint density at radius 1 is 1.08 bits per heavy atom. The van der Waals surface area contributed by atoms with E-state index in [0.717, 1.165) is 5.56 Å². The van der Waals surface area contributed by atoms with Gasteiger partial charge in [-0.1, -0.05) is 42.5 Å². The monoisotopic (exact) mass is 348 g/mol. The van der Waals surface area contributed by atoms with Crippen LogP contribution in [0, 0.1) is 45.2 Å². The topological polar surface area (TPSA) is 105 Å². The summed E-state index contributed by atoms with van der Waals surface area (Å²) < 4.78 is 18.9. The molecule has 1 heterocycles. The van der Waals surface area contributed by atoms with Crippen molar-refractivity contribution in [3.05, 3.63) is 71.5 Å².